The van der Waals surface area contributed by atoms with Gasteiger partial charge in [0, 0.05) is 12.6 Å². The summed E-state index contributed by atoms with van der Waals surface area (Å²) >= 11 is 0. The van der Waals surface area contributed by atoms with Gasteiger partial charge < -0.3 is 5.32 Å². The zero-order chi connectivity index (χ0) is 14.8. The number of hydrogen-bond acceptors (Lipinski definition) is 5. The van der Waals surface area contributed by atoms with Gasteiger partial charge in [0.1, 0.15) is 0 Å². The molecule has 2 rings (SSSR count). The predicted molar refractivity (Wildman–Crippen MR) is 78.6 cm³/mol. The topological polar surface area (TPSA) is 81.1 Å². The van der Waals surface area contributed by atoms with Crippen LogP contribution in [0.5, 0.6) is 0 Å². The lowest BCUT2D eigenvalue weighted by Crippen LogP contribution is -2.28. The third-order valence-electron chi connectivity index (χ3n) is 3.47. The number of nitrogens with zero attached hydrogens (tertiary/aromatic N) is 2. The number of nitrogens with one attached hydrogen (secondary N) is 1. The van der Waals surface area contributed by atoms with Crippen molar-refractivity contribution in [3.05, 3.63) is 22.6 Å². The average molecular weight is 299 g/mol. The van der Waals surface area contributed by atoms with E-state index in [0.717, 1.165) is 6.54 Å². The van der Waals surface area contributed by atoms with E-state index in [1.54, 1.807) is 20.0 Å². The van der Waals surface area contributed by atoms with Crippen molar-refractivity contribution in [3.63, 3.8) is 0 Å². The van der Waals surface area contributed by atoms with E-state index < -0.39 is 15.1 Å². The molecule has 20 heavy (non-hydrogen) atoms. The normalized spacial score (nSPS) is 15.6. The molecule has 1 aliphatic carbocycles. The number of sulfone groups is 1. The Balaban J connectivity index is 1.96. The number of anilines is 1. The minimum Gasteiger partial charge on any atom is -0.383 e. The quantitative estimate of drug-likeness (QED) is 0.808. The molecule has 0 unspecified atom stereocenters. The summed E-state index contributed by atoms with van der Waals surface area (Å²) in [6.45, 7) is 4.24. The van der Waals surface area contributed by atoms with Crippen LogP contribution in [0.1, 0.15) is 26.7 Å². The van der Waals surface area contributed by atoms with Gasteiger partial charge in [0.05, 0.1) is 29.4 Å². The van der Waals surface area contributed by atoms with Crippen molar-refractivity contribution in [2.45, 2.75) is 38.5 Å². The Morgan fingerprint density at radius 2 is 2.15 bits per heavy atom. The Kier molecular flexibility index (Phi) is 4.47. The number of hydrogen-bond donors (Lipinski definition) is 1. The SMILES string of the molecule is CC(C)S(=O)(=O)CCn1ncc(NCC2CC2)cc1=O. The monoisotopic (exact) mass is 299 g/mol. The number of rotatable bonds is 7. The fourth-order valence-electron chi connectivity index (χ4n) is 1.73. The minimum absolute atomic E-state index is 0.0631. The van der Waals surface area contributed by atoms with Crippen molar-refractivity contribution in [2.24, 2.45) is 5.92 Å². The zero-order valence-electron chi connectivity index (χ0n) is 11.9. The second-order valence-corrected chi connectivity index (χ2v) is 8.22. The van der Waals surface area contributed by atoms with Gasteiger partial charge >= 0.3 is 0 Å². The molecule has 0 amide bonds. The van der Waals surface area contributed by atoms with Gasteiger partial charge in [0.25, 0.3) is 5.56 Å². The molecule has 0 radical (unpaired) electrons. The van der Waals surface area contributed by atoms with Crippen LogP contribution in [0.15, 0.2) is 17.1 Å². The first-order chi connectivity index (χ1) is 9.38. The zero-order valence-corrected chi connectivity index (χ0v) is 12.7. The summed E-state index contributed by atoms with van der Waals surface area (Å²) in [6.07, 6.45) is 4.06. The third kappa shape index (κ3) is 4.06. The minimum atomic E-state index is -3.15. The summed E-state index contributed by atoms with van der Waals surface area (Å²) in [7, 11) is -3.15. The third-order valence-corrected chi connectivity index (χ3v) is 5.66. The highest BCUT2D eigenvalue weighted by Gasteiger charge is 2.20. The van der Waals surface area contributed by atoms with Crippen LogP contribution < -0.4 is 10.9 Å². The molecule has 1 saturated carbocycles. The summed E-state index contributed by atoms with van der Waals surface area (Å²) in [5, 5.41) is 6.75. The molecule has 7 heteroatoms. The van der Waals surface area contributed by atoms with Crippen molar-refractivity contribution in [3.8, 4) is 0 Å². The second kappa shape index (κ2) is 5.95. The molecule has 1 fully saturated rings. The maximum atomic E-state index is 11.9. The Morgan fingerprint density at radius 1 is 1.45 bits per heavy atom. The molecule has 1 N–H and O–H groups in total. The Labute approximate surface area is 119 Å². The van der Waals surface area contributed by atoms with Gasteiger partial charge in [-0.2, -0.15) is 5.10 Å². The predicted octanol–water partition coefficient (Wildman–Crippen LogP) is 0.888. The van der Waals surface area contributed by atoms with Crippen LogP contribution in [0.2, 0.25) is 0 Å². The van der Waals surface area contributed by atoms with Crippen LogP contribution in [0, 0.1) is 5.92 Å². The van der Waals surface area contributed by atoms with E-state index in [1.165, 1.54) is 23.6 Å². The fraction of sp³-hybridized carbons (Fsp3) is 0.692. The first-order valence-electron chi connectivity index (χ1n) is 6.91. The van der Waals surface area contributed by atoms with Gasteiger partial charge in [0.2, 0.25) is 0 Å². The lowest BCUT2D eigenvalue weighted by Gasteiger charge is -2.09. The van der Waals surface area contributed by atoms with Crippen LogP contribution in [0.3, 0.4) is 0 Å². The van der Waals surface area contributed by atoms with Crippen LogP contribution in [-0.4, -0.2) is 35.7 Å². The molecule has 6 nitrogen and oxygen atoms in total. The molecule has 112 valence electrons. The van der Waals surface area contributed by atoms with Crippen molar-refractivity contribution < 1.29 is 8.42 Å². The lowest BCUT2D eigenvalue weighted by molar-refractivity contribution is 0.564. The van der Waals surface area contributed by atoms with Crippen LogP contribution in [0.25, 0.3) is 0 Å². The summed E-state index contributed by atoms with van der Waals surface area (Å²) < 4.78 is 24.6. The van der Waals surface area contributed by atoms with Crippen molar-refractivity contribution >= 4 is 15.5 Å². The van der Waals surface area contributed by atoms with Crippen molar-refractivity contribution in [1.82, 2.24) is 9.78 Å². The van der Waals surface area contributed by atoms with Gasteiger partial charge in [0.15, 0.2) is 9.84 Å². The first-order valence-corrected chi connectivity index (χ1v) is 8.62. The Morgan fingerprint density at radius 3 is 2.70 bits per heavy atom. The van der Waals surface area contributed by atoms with Crippen molar-refractivity contribution in [2.75, 3.05) is 17.6 Å². The molecule has 1 aromatic rings. The van der Waals surface area contributed by atoms with Gasteiger partial charge in [-0.1, -0.05) is 0 Å². The second-order valence-electron chi connectivity index (χ2n) is 5.55. The van der Waals surface area contributed by atoms with E-state index in [2.05, 4.69) is 10.4 Å². The maximum Gasteiger partial charge on any atom is 0.268 e. The molecule has 0 saturated heterocycles. The van der Waals surface area contributed by atoms with Crippen LogP contribution >= 0.6 is 0 Å². The maximum absolute atomic E-state index is 11.9. The largest absolute Gasteiger partial charge is 0.383 e. The first kappa shape index (κ1) is 15.0. The average Bonchev–Trinajstić information content (AvgIpc) is 3.19. The van der Waals surface area contributed by atoms with E-state index in [9.17, 15) is 13.2 Å². The van der Waals surface area contributed by atoms with Crippen LogP contribution in [0.4, 0.5) is 5.69 Å². The highest BCUT2D eigenvalue weighted by atomic mass is 32.2. The van der Waals surface area contributed by atoms with E-state index in [4.69, 9.17) is 0 Å². The molecule has 0 spiro atoms. The highest BCUT2D eigenvalue weighted by Crippen LogP contribution is 2.28. The van der Waals surface area contributed by atoms with Crippen molar-refractivity contribution in [1.29, 1.82) is 0 Å². The highest BCUT2D eigenvalue weighted by molar-refractivity contribution is 7.91. The lowest BCUT2D eigenvalue weighted by atomic mass is 10.4. The molecule has 0 aromatic carbocycles. The summed E-state index contributed by atoms with van der Waals surface area (Å²) in [6, 6.07) is 1.47. The fourth-order valence-corrected chi connectivity index (χ4v) is 2.63. The van der Waals surface area contributed by atoms with Gasteiger partial charge in [-0.3, -0.25) is 4.79 Å². The Bertz CT molecular complexity index is 618. The Hall–Kier alpha value is -1.37. The van der Waals surface area contributed by atoms with Gasteiger partial charge in [-0.25, -0.2) is 13.1 Å². The standard InChI is InChI=1S/C13H21N3O3S/c1-10(2)20(18,19)6-5-16-13(17)7-12(9-15-16)14-8-11-3-4-11/h7,9-11,14H,3-6,8H2,1-2H3. The van der Waals surface area contributed by atoms with Gasteiger partial charge in [-0.05, 0) is 32.6 Å². The summed E-state index contributed by atoms with van der Waals surface area (Å²) in [5.41, 5.74) is 0.426. The van der Waals surface area contributed by atoms with E-state index in [1.807, 2.05) is 0 Å². The molecular formula is C13H21N3O3S. The molecular weight excluding hydrogens is 278 g/mol. The molecule has 0 bridgehead atoms. The van der Waals surface area contributed by atoms with E-state index in [0.29, 0.717) is 11.6 Å². The molecule has 0 aliphatic heterocycles. The van der Waals surface area contributed by atoms with E-state index in [-0.39, 0.29) is 17.9 Å². The molecule has 1 aromatic heterocycles. The smallest absolute Gasteiger partial charge is 0.268 e. The number of aryl methyl sites for hydroxylation is 1. The number of aromatic nitrogens is 2. The summed E-state index contributed by atoms with van der Waals surface area (Å²) in [5.74, 6) is 0.653. The van der Waals surface area contributed by atoms with Crippen LogP contribution in [-0.2, 0) is 16.4 Å². The molecule has 0 atom stereocenters. The molecule has 1 heterocycles. The molecule has 1 aliphatic rings. The van der Waals surface area contributed by atoms with Gasteiger partial charge in [-0.15, -0.1) is 0 Å². The van der Waals surface area contributed by atoms with E-state index >= 15 is 0 Å². The summed E-state index contributed by atoms with van der Waals surface area (Å²) in [4.78, 5) is 11.9.